The van der Waals surface area contributed by atoms with Gasteiger partial charge in [0.15, 0.2) is 11.5 Å². The van der Waals surface area contributed by atoms with Crippen molar-refractivity contribution in [3.63, 3.8) is 0 Å². The Hall–Kier alpha value is -2.73. The third-order valence-corrected chi connectivity index (χ3v) is 4.59. The van der Waals surface area contributed by atoms with Crippen molar-refractivity contribution in [2.24, 2.45) is 0 Å². The molecule has 0 fully saturated rings. The summed E-state index contributed by atoms with van der Waals surface area (Å²) in [4.78, 5) is 14.5. The van der Waals surface area contributed by atoms with Crippen LogP contribution in [-0.2, 0) is 11.2 Å². The normalized spacial score (nSPS) is 13.9. The van der Waals surface area contributed by atoms with Gasteiger partial charge in [0.2, 0.25) is 5.91 Å². The number of methoxy groups -OCH3 is 1. The number of rotatable bonds is 7. The number of fused-ring (bicyclic) bond motifs is 1. The zero-order valence-corrected chi connectivity index (χ0v) is 16.0. The minimum absolute atomic E-state index is 0.0213. The van der Waals surface area contributed by atoms with Gasteiger partial charge in [-0.15, -0.1) is 0 Å². The third-order valence-electron chi connectivity index (χ3n) is 4.59. The van der Waals surface area contributed by atoms with E-state index in [0.717, 1.165) is 22.6 Å². The van der Waals surface area contributed by atoms with E-state index in [-0.39, 0.29) is 11.9 Å². The number of amides is 1. The highest BCUT2D eigenvalue weighted by Crippen LogP contribution is 2.30. The number of likely N-dealkylation sites (N-methyl/N-ethyl adjacent to an activating group) is 1. The van der Waals surface area contributed by atoms with Crippen molar-refractivity contribution in [2.45, 2.75) is 12.5 Å². The quantitative estimate of drug-likeness (QED) is 0.811. The van der Waals surface area contributed by atoms with Gasteiger partial charge in [0.05, 0.1) is 19.6 Å². The molecule has 1 amide bonds. The molecule has 0 unspecified atom stereocenters. The molecule has 0 saturated heterocycles. The summed E-state index contributed by atoms with van der Waals surface area (Å²) < 4.78 is 16.3. The van der Waals surface area contributed by atoms with E-state index in [1.165, 1.54) is 0 Å². The van der Waals surface area contributed by atoms with Gasteiger partial charge in [0.1, 0.15) is 19.0 Å². The smallest absolute Gasteiger partial charge is 0.224 e. The summed E-state index contributed by atoms with van der Waals surface area (Å²) in [5.41, 5.74) is 2.03. The maximum absolute atomic E-state index is 12.4. The molecule has 0 spiro atoms. The molecule has 3 rings (SSSR count). The molecule has 1 aliphatic heterocycles. The maximum atomic E-state index is 12.4. The predicted molar refractivity (Wildman–Crippen MR) is 104 cm³/mol. The molecule has 6 nitrogen and oxygen atoms in total. The number of hydrogen-bond donors (Lipinski definition) is 1. The summed E-state index contributed by atoms with van der Waals surface area (Å²) in [6, 6.07) is 13.6. The zero-order chi connectivity index (χ0) is 19.2. The molecular weight excluding hydrogens is 344 g/mol. The van der Waals surface area contributed by atoms with Crippen molar-refractivity contribution in [3.8, 4) is 17.2 Å². The van der Waals surface area contributed by atoms with E-state index in [2.05, 4.69) is 10.2 Å². The van der Waals surface area contributed by atoms with Gasteiger partial charge in [0, 0.05) is 6.54 Å². The molecule has 1 aliphatic rings. The second-order valence-corrected chi connectivity index (χ2v) is 6.71. The van der Waals surface area contributed by atoms with Crippen LogP contribution in [0.2, 0.25) is 0 Å². The Balaban J connectivity index is 1.59. The van der Waals surface area contributed by atoms with E-state index in [1.54, 1.807) is 7.11 Å². The summed E-state index contributed by atoms with van der Waals surface area (Å²) in [5.74, 6) is 2.24. The van der Waals surface area contributed by atoms with Crippen LogP contribution in [-0.4, -0.2) is 51.8 Å². The van der Waals surface area contributed by atoms with E-state index in [9.17, 15) is 4.79 Å². The number of ether oxygens (including phenoxy) is 3. The van der Waals surface area contributed by atoms with E-state index >= 15 is 0 Å². The van der Waals surface area contributed by atoms with Crippen LogP contribution < -0.4 is 19.5 Å². The van der Waals surface area contributed by atoms with Gasteiger partial charge >= 0.3 is 0 Å². The van der Waals surface area contributed by atoms with Gasteiger partial charge in [-0.25, -0.2) is 0 Å². The van der Waals surface area contributed by atoms with Crippen LogP contribution in [0.25, 0.3) is 0 Å². The Labute approximate surface area is 160 Å². The molecular formula is C21H26N2O4. The van der Waals surface area contributed by atoms with E-state index in [1.807, 2.05) is 56.6 Å². The van der Waals surface area contributed by atoms with Gasteiger partial charge in [-0.3, -0.25) is 4.79 Å². The summed E-state index contributed by atoms with van der Waals surface area (Å²) >= 11 is 0. The van der Waals surface area contributed by atoms with Crippen LogP contribution in [0.5, 0.6) is 17.2 Å². The maximum Gasteiger partial charge on any atom is 0.224 e. The molecule has 2 aromatic carbocycles. The van der Waals surface area contributed by atoms with Crippen LogP contribution in [0.3, 0.4) is 0 Å². The molecule has 1 atom stereocenters. The average Bonchev–Trinajstić information content (AvgIpc) is 2.68. The molecule has 1 N–H and O–H groups in total. The minimum atomic E-state index is -0.0213. The number of nitrogens with one attached hydrogen (secondary N) is 1. The van der Waals surface area contributed by atoms with Gasteiger partial charge in [-0.05, 0) is 49.5 Å². The highest BCUT2D eigenvalue weighted by molar-refractivity contribution is 5.78. The summed E-state index contributed by atoms with van der Waals surface area (Å²) in [5, 5.41) is 3.04. The molecule has 0 bridgehead atoms. The lowest BCUT2D eigenvalue weighted by atomic mass is 10.1. The molecule has 144 valence electrons. The van der Waals surface area contributed by atoms with Crippen LogP contribution in [0.15, 0.2) is 42.5 Å². The monoisotopic (exact) mass is 370 g/mol. The molecule has 0 aliphatic carbocycles. The Morgan fingerprint density at radius 2 is 1.81 bits per heavy atom. The highest BCUT2D eigenvalue weighted by Gasteiger charge is 2.17. The first-order valence-corrected chi connectivity index (χ1v) is 9.02. The topological polar surface area (TPSA) is 60.0 Å². The summed E-state index contributed by atoms with van der Waals surface area (Å²) in [7, 11) is 5.65. The van der Waals surface area contributed by atoms with Gasteiger partial charge in [-0.2, -0.15) is 0 Å². The molecule has 2 aromatic rings. The zero-order valence-electron chi connectivity index (χ0n) is 16.0. The van der Waals surface area contributed by atoms with Gasteiger partial charge in [0.25, 0.3) is 0 Å². The lowest BCUT2D eigenvalue weighted by molar-refractivity contribution is -0.120. The van der Waals surface area contributed by atoms with Crippen molar-refractivity contribution in [1.82, 2.24) is 10.2 Å². The van der Waals surface area contributed by atoms with Crippen LogP contribution in [0.1, 0.15) is 17.2 Å². The van der Waals surface area contributed by atoms with Crippen molar-refractivity contribution in [3.05, 3.63) is 53.6 Å². The number of carbonyl (C=O) groups is 1. The van der Waals surface area contributed by atoms with Crippen LogP contribution in [0, 0.1) is 0 Å². The Bertz CT molecular complexity index is 774. The van der Waals surface area contributed by atoms with Crippen molar-refractivity contribution < 1.29 is 19.0 Å². The van der Waals surface area contributed by atoms with Crippen LogP contribution >= 0.6 is 0 Å². The lowest BCUT2D eigenvalue weighted by Crippen LogP contribution is -2.35. The largest absolute Gasteiger partial charge is 0.497 e. The van der Waals surface area contributed by atoms with E-state index in [4.69, 9.17) is 14.2 Å². The third kappa shape index (κ3) is 4.92. The van der Waals surface area contributed by atoms with Gasteiger partial charge in [-0.1, -0.05) is 18.2 Å². The first kappa shape index (κ1) is 19.0. The lowest BCUT2D eigenvalue weighted by Gasteiger charge is -2.25. The number of benzene rings is 2. The number of nitrogens with zero attached hydrogens (tertiary/aromatic N) is 1. The molecule has 0 radical (unpaired) electrons. The Morgan fingerprint density at radius 1 is 1.11 bits per heavy atom. The number of carbonyl (C=O) groups excluding carboxylic acids is 1. The van der Waals surface area contributed by atoms with E-state index < -0.39 is 0 Å². The Kier molecular flexibility index (Phi) is 6.19. The molecule has 0 saturated carbocycles. The predicted octanol–water partition coefficient (Wildman–Crippen LogP) is 2.43. The van der Waals surface area contributed by atoms with Crippen molar-refractivity contribution >= 4 is 5.91 Å². The highest BCUT2D eigenvalue weighted by atomic mass is 16.6. The van der Waals surface area contributed by atoms with Crippen molar-refractivity contribution in [2.75, 3.05) is 41.0 Å². The summed E-state index contributed by atoms with van der Waals surface area (Å²) in [6.07, 6.45) is 0.305. The standard InChI is InChI=1S/C21H26N2O4/c1-23(2)18(16-5-7-17(25-3)8-6-16)14-22-21(24)13-15-4-9-19-20(12-15)27-11-10-26-19/h4-9,12,18H,10-11,13-14H2,1-3H3,(H,22,24)/t18-/m1/s1. The van der Waals surface area contributed by atoms with Crippen LogP contribution in [0.4, 0.5) is 0 Å². The molecule has 6 heteroatoms. The fraction of sp³-hybridized carbons (Fsp3) is 0.381. The van der Waals surface area contributed by atoms with Gasteiger partial charge < -0.3 is 24.4 Å². The first-order valence-electron chi connectivity index (χ1n) is 9.02. The molecule has 27 heavy (non-hydrogen) atoms. The minimum Gasteiger partial charge on any atom is -0.497 e. The van der Waals surface area contributed by atoms with E-state index in [0.29, 0.717) is 31.9 Å². The van der Waals surface area contributed by atoms with Crippen molar-refractivity contribution in [1.29, 1.82) is 0 Å². The molecule has 1 heterocycles. The fourth-order valence-electron chi connectivity index (χ4n) is 3.08. The fourth-order valence-corrected chi connectivity index (χ4v) is 3.08. The first-order chi connectivity index (χ1) is 13.1. The SMILES string of the molecule is COc1ccc([C@@H](CNC(=O)Cc2ccc3c(c2)OCCO3)N(C)C)cc1. The second kappa shape index (κ2) is 8.77. The summed E-state index contributed by atoms with van der Waals surface area (Å²) in [6.45, 7) is 1.63. The number of hydrogen-bond acceptors (Lipinski definition) is 5. The average molecular weight is 370 g/mol. The second-order valence-electron chi connectivity index (χ2n) is 6.71. The Morgan fingerprint density at radius 3 is 2.48 bits per heavy atom. The molecule has 0 aromatic heterocycles.